The molecule has 0 bridgehead atoms. The third-order valence-corrected chi connectivity index (χ3v) is 5.45. The van der Waals surface area contributed by atoms with E-state index in [1.165, 1.54) is 19.2 Å². The minimum Gasteiger partial charge on any atom is -0.496 e. The second-order valence-corrected chi connectivity index (χ2v) is 7.44. The average Bonchev–Trinajstić information content (AvgIpc) is 3.12. The van der Waals surface area contributed by atoms with Crippen LogP contribution in [-0.2, 0) is 11.7 Å². The zero-order valence-electron chi connectivity index (χ0n) is 17.7. The molecule has 1 atom stereocenters. The first-order valence-electron chi connectivity index (χ1n) is 10.2. The summed E-state index contributed by atoms with van der Waals surface area (Å²) >= 11 is 0. The standard InChI is InChI=1S/C24H21F4N3O2/c1-32-20-9-8-16(14-19(20)24(26,27)28)23(18-7-3-11-30-21(18)22(29)31-23)15-5-2-6-17(13-15)33-12-4-10-25/h2-3,5-9,11,13-14H,4,10,12H2,1H3,(H2,29,31). The van der Waals surface area contributed by atoms with Gasteiger partial charge in [0.1, 0.15) is 28.6 Å². The summed E-state index contributed by atoms with van der Waals surface area (Å²) < 4.78 is 64.6. The molecule has 172 valence electrons. The second kappa shape index (κ2) is 8.73. The first kappa shape index (κ1) is 22.6. The highest BCUT2D eigenvalue weighted by Gasteiger charge is 2.45. The Kier molecular flexibility index (Phi) is 5.97. The number of rotatable bonds is 7. The number of nitrogens with zero attached hydrogens (tertiary/aromatic N) is 2. The van der Waals surface area contributed by atoms with Crippen LogP contribution in [0, 0.1) is 0 Å². The van der Waals surface area contributed by atoms with Gasteiger partial charge in [0.25, 0.3) is 0 Å². The molecule has 0 saturated carbocycles. The fourth-order valence-corrected chi connectivity index (χ4v) is 4.01. The van der Waals surface area contributed by atoms with E-state index in [4.69, 9.17) is 15.2 Å². The topological polar surface area (TPSA) is 69.7 Å². The molecule has 0 fully saturated rings. The Morgan fingerprint density at radius 3 is 2.55 bits per heavy atom. The van der Waals surface area contributed by atoms with E-state index in [-0.39, 0.29) is 30.2 Å². The zero-order valence-corrected chi connectivity index (χ0v) is 17.7. The molecule has 9 heteroatoms. The second-order valence-electron chi connectivity index (χ2n) is 7.44. The van der Waals surface area contributed by atoms with Gasteiger partial charge in [-0.3, -0.25) is 9.37 Å². The largest absolute Gasteiger partial charge is 0.496 e. The number of benzene rings is 2. The summed E-state index contributed by atoms with van der Waals surface area (Å²) in [6, 6.07) is 14.0. The van der Waals surface area contributed by atoms with Crippen molar-refractivity contribution in [2.45, 2.75) is 18.1 Å². The number of nitrogens with two attached hydrogens (primary N) is 1. The van der Waals surface area contributed by atoms with E-state index in [0.717, 1.165) is 6.07 Å². The van der Waals surface area contributed by atoms with Crippen LogP contribution in [0.4, 0.5) is 17.6 Å². The maximum Gasteiger partial charge on any atom is 0.419 e. The van der Waals surface area contributed by atoms with Crippen molar-refractivity contribution >= 4 is 5.84 Å². The lowest BCUT2D eigenvalue weighted by atomic mass is 9.78. The summed E-state index contributed by atoms with van der Waals surface area (Å²) in [6.07, 6.45) is -2.88. The molecule has 33 heavy (non-hydrogen) atoms. The maximum absolute atomic E-state index is 13.8. The number of hydrogen-bond acceptors (Lipinski definition) is 5. The Bertz CT molecular complexity index is 1200. The molecule has 1 aromatic heterocycles. The Morgan fingerprint density at radius 1 is 1.03 bits per heavy atom. The van der Waals surface area contributed by atoms with Gasteiger partial charge in [-0.1, -0.05) is 24.3 Å². The molecule has 2 heterocycles. The van der Waals surface area contributed by atoms with Crippen LogP contribution >= 0.6 is 0 Å². The molecule has 1 aliphatic rings. The van der Waals surface area contributed by atoms with Gasteiger partial charge in [-0.05, 0) is 41.5 Å². The Labute approximate surface area is 187 Å². The van der Waals surface area contributed by atoms with E-state index in [9.17, 15) is 17.6 Å². The van der Waals surface area contributed by atoms with Crippen LogP contribution in [-0.4, -0.2) is 31.2 Å². The van der Waals surface area contributed by atoms with Crippen molar-refractivity contribution in [1.29, 1.82) is 0 Å². The van der Waals surface area contributed by atoms with E-state index < -0.39 is 24.0 Å². The van der Waals surface area contributed by atoms with E-state index >= 15 is 0 Å². The fraction of sp³-hybridized carbons (Fsp3) is 0.250. The number of amidine groups is 1. The van der Waals surface area contributed by atoms with Crippen molar-refractivity contribution in [3.05, 3.63) is 88.7 Å². The molecule has 2 N–H and O–H groups in total. The van der Waals surface area contributed by atoms with E-state index in [1.54, 1.807) is 42.6 Å². The lowest BCUT2D eigenvalue weighted by Crippen LogP contribution is -2.26. The van der Waals surface area contributed by atoms with Crippen LogP contribution in [0.3, 0.4) is 0 Å². The number of methoxy groups -OCH3 is 1. The van der Waals surface area contributed by atoms with Crippen LogP contribution in [0.2, 0.25) is 0 Å². The minimum absolute atomic E-state index is 0.110. The number of fused-ring (bicyclic) bond motifs is 1. The van der Waals surface area contributed by atoms with Crippen molar-refractivity contribution in [1.82, 2.24) is 4.98 Å². The molecule has 2 aromatic carbocycles. The van der Waals surface area contributed by atoms with Crippen molar-refractivity contribution < 1.29 is 27.0 Å². The average molecular weight is 459 g/mol. The van der Waals surface area contributed by atoms with Gasteiger partial charge in [0, 0.05) is 18.2 Å². The number of aromatic nitrogens is 1. The van der Waals surface area contributed by atoms with Crippen LogP contribution in [0.1, 0.15) is 34.4 Å². The van der Waals surface area contributed by atoms with Gasteiger partial charge in [0.2, 0.25) is 0 Å². The molecule has 0 spiro atoms. The molecule has 0 aliphatic carbocycles. The van der Waals surface area contributed by atoms with Gasteiger partial charge in [0.15, 0.2) is 0 Å². The van der Waals surface area contributed by atoms with E-state index in [0.29, 0.717) is 22.6 Å². The quantitative estimate of drug-likeness (QED) is 0.405. The van der Waals surface area contributed by atoms with Crippen molar-refractivity contribution in [2.75, 3.05) is 20.4 Å². The van der Waals surface area contributed by atoms with Gasteiger partial charge in [-0.25, -0.2) is 4.99 Å². The first-order chi connectivity index (χ1) is 15.8. The molecule has 3 aromatic rings. The van der Waals surface area contributed by atoms with Gasteiger partial charge >= 0.3 is 6.18 Å². The zero-order chi connectivity index (χ0) is 23.6. The number of ether oxygens (including phenoxy) is 2. The number of halogens is 4. The molecule has 0 amide bonds. The third-order valence-electron chi connectivity index (χ3n) is 5.45. The summed E-state index contributed by atoms with van der Waals surface area (Å²) in [5, 5.41) is 0. The lowest BCUT2D eigenvalue weighted by Gasteiger charge is -2.30. The predicted molar refractivity (Wildman–Crippen MR) is 115 cm³/mol. The third kappa shape index (κ3) is 3.99. The molecule has 1 aliphatic heterocycles. The number of hydrogen-bond donors (Lipinski definition) is 1. The summed E-state index contributed by atoms with van der Waals surface area (Å²) in [5.41, 5.74) is 5.58. The number of alkyl halides is 4. The van der Waals surface area contributed by atoms with Crippen LogP contribution in [0.15, 0.2) is 65.8 Å². The van der Waals surface area contributed by atoms with E-state index in [2.05, 4.69) is 9.98 Å². The van der Waals surface area contributed by atoms with Gasteiger partial charge in [-0.15, -0.1) is 0 Å². The summed E-state index contributed by atoms with van der Waals surface area (Å²) in [6.45, 7) is -0.354. The Balaban J connectivity index is 1.96. The first-order valence-corrected chi connectivity index (χ1v) is 10.2. The highest BCUT2D eigenvalue weighted by molar-refractivity contribution is 6.01. The molecule has 5 nitrogen and oxygen atoms in total. The molecule has 4 rings (SSSR count). The summed E-state index contributed by atoms with van der Waals surface area (Å²) in [7, 11) is 1.18. The Hall–Kier alpha value is -3.62. The van der Waals surface area contributed by atoms with Gasteiger partial charge < -0.3 is 15.2 Å². The van der Waals surface area contributed by atoms with Gasteiger partial charge in [0.05, 0.1) is 26.0 Å². The number of pyridine rings is 1. The molecule has 0 saturated heterocycles. The lowest BCUT2D eigenvalue weighted by molar-refractivity contribution is -0.138. The molecule has 0 radical (unpaired) electrons. The molecule has 1 unspecified atom stereocenters. The molecular weight excluding hydrogens is 438 g/mol. The highest BCUT2D eigenvalue weighted by atomic mass is 19.4. The highest BCUT2D eigenvalue weighted by Crippen LogP contribution is 2.48. The van der Waals surface area contributed by atoms with Crippen molar-refractivity contribution in [3.8, 4) is 11.5 Å². The van der Waals surface area contributed by atoms with E-state index in [1.807, 2.05) is 0 Å². The predicted octanol–water partition coefficient (Wildman–Crippen LogP) is 4.86. The maximum atomic E-state index is 13.8. The van der Waals surface area contributed by atoms with Crippen molar-refractivity contribution in [2.24, 2.45) is 10.7 Å². The molecular formula is C24H21F4N3O2. The SMILES string of the molecule is COc1ccc(C2(c3cccc(OCCCF)c3)N=C(N)c3ncccc32)cc1C(F)(F)F. The Morgan fingerprint density at radius 2 is 1.82 bits per heavy atom. The fourth-order valence-electron chi connectivity index (χ4n) is 4.01. The summed E-state index contributed by atoms with van der Waals surface area (Å²) in [5.74, 6) is 0.251. The van der Waals surface area contributed by atoms with Crippen LogP contribution < -0.4 is 15.2 Å². The monoisotopic (exact) mass is 459 g/mol. The normalized spacial score (nSPS) is 17.4. The van der Waals surface area contributed by atoms with Crippen molar-refractivity contribution in [3.63, 3.8) is 0 Å². The smallest absolute Gasteiger partial charge is 0.419 e. The minimum atomic E-state index is -4.65. The van der Waals surface area contributed by atoms with Crippen LogP contribution in [0.25, 0.3) is 0 Å². The number of aliphatic imine (C=N–C) groups is 1. The van der Waals surface area contributed by atoms with Gasteiger partial charge in [-0.2, -0.15) is 13.2 Å². The summed E-state index contributed by atoms with van der Waals surface area (Å²) in [4.78, 5) is 8.95. The van der Waals surface area contributed by atoms with Crippen LogP contribution in [0.5, 0.6) is 11.5 Å².